The van der Waals surface area contributed by atoms with Crippen LogP contribution in [0.25, 0.3) is 0 Å². The van der Waals surface area contributed by atoms with E-state index in [0.29, 0.717) is 6.04 Å². The van der Waals surface area contributed by atoms with Crippen molar-refractivity contribution in [2.75, 3.05) is 12.4 Å². The molecule has 1 unspecified atom stereocenters. The molecule has 4 nitrogen and oxygen atoms in total. The molecule has 5 heteroatoms. The zero-order chi connectivity index (χ0) is 13.0. The first-order chi connectivity index (χ1) is 8.67. The summed E-state index contributed by atoms with van der Waals surface area (Å²) < 4.78 is 5.14. The lowest BCUT2D eigenvalue weighted by Crippen LogP contribution is -2.17. The van der Waals surface area contributed by atoms with Gasteiger partial charge in [-0.1, -0.05) is 23.5 Å². The molecule has 2 aromatic rings. The van der Waals surface area contributed by atoms with E-state index < -0.39 is 0 Å². The number of nitrogens with one attached hydrogen (secondary N) is 1. The lowest BCUT2D eigenvalue weighted by Gasteiger charge is -2.12. The van der Waals surface area contributed by atoms with Crippen molar-refractivity contribution in [1.82, 2.24) is 10.2 Å². The van der Waals surface area contributed by atoms with Crippen molar-refractivity contribution < 1.29 is 4.74 Å². The molecule has 1 aromatic heterocycles. The number of hydrogen-bond acceptors (Lipinski definition) is 5. The second-order valence-corrected chi connectivity index (χ2v) is 5.41. The maximum atomic E-state index is 5.14. The fourth-order valence-corrected chi connectivity index (χ4v) is 2.44. The van der Waals surface area contributed by atoms with Gasteiger partial charge in [0, 0.05) is 6.04 Å². The van der Waals surface area contributed by atoms with E-state index in [1.165, 1.54) is 5.56 Å². The Bertz CT molecular complexity index is 495. The Morgan fingerprint density at radius 2 is 2.00 bits per heavy atom. The molecule has 0 radical (unpaired) electrons. The van der Waals surface area contributed by atoms with E-state index in [2.05, 4.69) is 34.6 Å². The number of rotatable bonds is 5. The van der Waals surface area contributed by atoms with Crippen LogP contribution in [0.2, 0.25) is 0 Å². The molecule has 1 heterocycles. The fraction of sp³-hybridized carbons (Fsp3) is 0.385. The summed E-state index contributed by atoms with van der Waals surface area (Å²) in [6, 6.07) is 8.46. The summed E-state index contributed by atoms with van der Waals surface area (Å²) in [5.74, 6) is 0.888. The Morgan fingerprint density at radius 3 is 2.56 bits per heavy atom. The predicted molar refractivity (Wildman–Crippen MR) is 74.4 cm³/mol. The average molecular weight is 263 g/mol. The highest BCUT2D eigenvalue weighted by Crippen LogP contribution is 2.17. The third-order valence-electron chi connectivity index (χ3n) is 2.60. The quantitative estimate of drug-likeness (QED) is 0.901. The Labute approximate surface area is 111 Å². The Morgan fingerprint density at radius 1 is 1.28 bits per heavy atom. The van der Waals surface area contributed by atoms with E-state index in [4.69, 9.17) is 4.74 Å². The lowest BCUT2D eigenvalue weighted by molar-refractivity contribution is 0.414. The number of aryl methyl sites for hydroxylation is 1. The van der Waals surface area contributed by atoms with Crippen molar-refractivity contribution in [3.63, 3.8) is 0 Å². The maximum absolute atomic E-state index is 5.14. The van der Waals surface area contributed by atoms with Gasteiger partial charge in [-0.15, -0.1) is 10.2 Å². The normalized spacial score (nSPS) is 12.2. The Kier molecular flexibility index (Phi) is 4.15. The van der Waals surface area contributed by atoms with Crippen molar-refractivity contribution in [2.45, 2.75) is 26.3 Å². The summed E-state index contributed by atoms with van der Waals surface area (Å²) in [4.78, 5) is 0. The monoisotopic (exact) mass is 263 g/mol. The molecule has 1 atom stereocenters. The highest BCUT2D eigenvalue weighted by Gasteiger charge is 2.07. The number of benzene rings is 1. The van der Waals surface area contributed by atoms with Gasteiger partial charge in [0.2, 0.25) is 5.13 Å². The van der Waals surface area contributed by atoms with Gasteiger partial charge < -0.3 is 10.1 Å². The van der Waals surface area contributed by atoms with E-state index in [1.807, 2.05) is 19.1 Å². The number of nitrogens with zero attached hydrogens (tertiary/aromatic N) is 2. The largest absolute Gasteiger partial charge is 0.497 e. The molecule has 0 aliphatic rings. The summed E-state index contributed by atoms with van der Waals surface area (Å²) in [7, 11) is 1.68. The molecule has 0 bridgehead atoms. The standard InChI is InChI=1S/C13H17N3OS/c1-9(14-13-16-15-10(2)18-13)8-11-4-6-12(17-3)7-5-11/h4-7,9H,8H2,1-3H3,(H,14,16). The van der Waals surface area contributed by atoms with Crippen molar-refractivity contribution in [2.24, 2.45) is 0 Å². The zero-order valence-corrected chi connectivity index (χ0v) is 11.6. The summed E-state index contributed by atoms with van der Waals surface area (Å²) in [6.07, 6.45) is 0.947. The third-order valence-corrected chi connectivity index (χ3v) is 3.37. The molecule has 96 valence electrons. The predicted octanol–water partition coefficient (Wildman–Crippen LogP) is 2.90. The van der Waals surface area contributed by atoms with E-state index in [0.717, 1.165) is 22.3 Å². The van der Waals surface area contributed by atoms with E-state index in [1.54, 1.807) is 18.4 Å². The van der Waals surface area contributed by atoms with Crippen LogP contribution in [0, 0.1) is 6.92 Å². The van der Waals surface area contributed by atoms with Crippen molar-refractivity contribution >= 4 is 16.5 Å². The highest BCUT2D eigenvalue weighted by molar-refractivity contribution is 7.15. The van der Waals surface area contributed by atoms with Crippen LogP contribution in [-0.2, 0) is 6.42 Å². The van der Waals surface area contributed by atoms with Crippen LogP contribution < -0.4 is 10.1 Å². The van der Waals surface area contributed by atoms with Gasteiger partial charge in [0.1, 0.15) is 10.8 Å². The number of aromatic nitrogens is 2. The van der Waals surface area contributed by atoms with Gasteiger partial charge >= 0.3 is 0 Å². The topological polar surface area (TPSA) is 47.0 Å². The van der Waals surface area contributed by atoms with E-state index >= 15 is 0 Å². The van der Waals surface area contributed by atoms with Gasteiger partial charge in [0.15, 0.2) is 0 Å². The van der Waals surface area contributed by atoms with Crippen LogP contribution in [-0.4, -0.2) is 23.3 Å². The lowest BCUT2D eigenvalue weighted by atomic mass is 10.1. The van der Waals surface area contributed by atoms with E-state index in [9.17, 15) is 0 Å². The zero-order valence-electron chi connectivity index (χ0n) is 10.8. The van der Waals surface area contributed by atoms with Crippen LogP contribution >= 0.6 is 11.3 Å². The minimum absolute atomic E-state index is 0.325. The molecule has 18 heavy (non-hydrogen) atoms. The summed E-state index contributed by atoms with van der Waals surface area (Å²) in [5.41, 5.74) is 1.28. The fourth-order valence-electron chi connectivity index (χ4n) is 1.73. The second-order valence-electron chi connectivity index (χ2n) is 4.22. The molecule has 0 spiro atoms. The maximum Gasteiger partial charge on any atom is 0.205 e. The molecular weight excluding hydrogens is 246 g/mol. The SMILES string of the molecule is COc1ccc(CC(C)Nc2nnc(C)s2)cc1. The van der Waals surface area contributed by atoms with E-state index in [-0.39, 0.29) is 0 Å². The molecule has 1 N–H and O–H groups in total. The number of anilines is 1. The molecule has 0 amide bonds. The first-order valence-corrected chi connectivity index (χ1v) is 6.68. The number of ether oxygens (including phenoxy) is 1. The Hall–Kier alpha value is -1.62. The van der Waals surface area contributed by atoms with Crippen LogP contribution in [0.5, 0.6) is 5.75 Å². The van der Waals surface area contributed by atoms with Crippen molar-refractivity contribution in [1.29, 1.82) is 0 Å². The van der Waals surface area contributed by atoms with Gasteiger partial charge in [-0.2, -0.15) is 0 Å². The van der Waals surface area contributed by atoms with Crippen LogP contribution in [0.1, 0.15) is 17.5 Å². The van der Waals surface area contributed by atoms with Gasteiger partial charge in [-0.05, 0) is 38.0 Å². The van der Waals surface area contributed by atoms with Gasteiger partial charge in [-0.3, -0.25) is 0 Å². The van der Waals surface area contributed by atoms with Gasteiger partial charge in [0.05, 0.1) is 7.11 Å². The smallest absolute Gasteiger partial charge is 0.205 e. The van der Waals surface area contributed by atoms with Gasteiger partial charge in [0.25, 0.3) is 0 Å². The summed E-state index contributed by atoms with van der Waals surface area (Å²) in [5, 5.41) is 13.3. The summed E-state index contributed by atoms with van der Waals surface area (Å²) >= 11 is 1.58. The minimum Gasteiger partial charge on any atom is -0.497 e. The molecular formula is C13H17N3OS. The minimum atomic E-state index is 0.325. The third kappa shape index (κ3) is 3.43. The Balaban J connectivity index is 1.91. The summed E-state index contributed by atoms with van der Waals surface area (Å²) in [6.45, 7) is 4.10. The average Bonchev–Trinajstić information content (AvgIpc) is 2.75. The molecule has 1 aromatic carbocycles. The molecule has 0 aliphatic carbocycles. The molecule has 0 fully saturated rings. The number of methoxy groups -OCH3 is 1. The molecule has 0 saturated heterocycles. The first-order valence-electron chi connectivity index (χ1n) is 5.87. The first kappa shape index (κ1) is 12.8. The van der Waals surface area contributed by atoms with Crippen LogP contribution in [0.4, 0.5) is 5.13 Å². The van der Waals surface area contributed by atoms with Gasteiger partial charge in [-0.25, -0.2) is 0 Å². The van der Waals surface area contributed by atoms with Crippen molar-refractivity contribution in [3.8, 4) is 5.75 Å². The number of hydrogen-bond donors (Lipinski definition) is 1. The molecule has 2 rings (SSSR count). The highest BCUT2D eigenvalue weighted by atomic mass is 32.1. The van der Waals surface area contributed by atoms with Crippen LogP contribution in [0.3, 0.4) is 0 Å². The second kappa shape index (κ2) is 5.82. The molecule has 0 saturated carbocycles. The van der Waals surface area contributed by atoms with Crippen LogP contribution in [0.15, 0.2) is 24.3 Å². The van der Waals surface area contributed by atoms with Crippen molar-refractivity contribution in [3.05, 3.63) is 34.8 Å². The molecule has 0 aliphatic heterocycles.